The number of esters is 1. The molecule has 3 aromatic rings. The molecular weight excluding hydrogens is 403 g/mol. The van der Waals surface area contributed by atoms with Gasteiger partial charge in [0.05, 0.1) is 17.2 Å². The van der Waals surface area contributed by atoms with Gasteiger partial charge in [0.2, 0.25) is 0 Å². The summed E-state index contributed by atoms with van der Waals surface area (Å²) in [4.78, 5) is 27.6. The van der Waals surface area contributed by atoms with Gasteiger partial charge in [0, 0.05) is 23.5 Å². The number of nitrogens with one attached hydrogen (secondary N) is 2. The highest BCUT2D eigenvalue weighted by Gasteiger charge is 2.23. The fourth-order valence-corrected chi connectivity index (χ4v) is 3.36. The summed E-state index contributed by atoms with van der Waals surface area (Å²) in [5.41, 5.74) is 1.84. The van der Waals surface area contributed by atoms with Crippen LogP contribution >= 0.6 is 23.2 Å². The van der Waals surface area contributed by atoms with Gasteiger partial charge in [-0.25, -0.2) is 4.79 Å². The van der Waals surface area contributed by atoms with Gasteiger partial charge in [-0.1, -0.05) is 47.5 Å². The molecule has 0 radical (unpaired) electrons. The number of carbonyl (C=O) groups is 2. The smallest absolute Gasteiger partial charge is 0.328 e. The molecule has 146 valence electrons. The van der Waals surface area contributed by atoms with Crippen LogP contribution in [0.5, 0.6) is 5.75 Å². The van der Waals surface area contributed by atoms with E-state index in [0.29, 0.717) is 10.0 Å². The zero-order valence-corrected chi connectivity index (χ0v) is 16.5. The number of hydrogen-bond acceptors (Lipinski definition) is 4. The van der Waals surface area contributed by atoms with E-state index in [2.05, 4.69) is 10.3 Å². The van der Waals surface area contributed by atoms with Crippen molar-refractivity contribution in [1.29, 1.82) is 0 Å². The summed E-state index contributed by atoms with van der Waals surface area (Å²) in [6.45, 7) is -0.342. The Morgan fingerprint density at radius 1 is 1.11 bits per heavy atom. The first-order valence-electron chi connectivity index (χ1n) is 8.48. The molecule has 8 heteroatoms. The number of para-hydroxylation sites is 2. The zero-order chi connectivity index (χ0) is 20.1. The summed E-state index contributed by atoms with van der Waals surface area (Å²) in [6.07, 6.45) is 2.09. The molecule has 0 aliphatic rings. The standard InChI is InChI=1S/C20H18Cl2N2O4/c1-27-20(26)17(9-12-10-23-16-8-3-2-5-13(12)16)24-18(25)11-28-19-14(21)6-4-7-15(19)22/h2-8,10,17,23H,9,11H2,1H3,(H,24,25)/t17-/m1/s1. The molecule has 0 spiro atoms. The lowest BCUT2D eigenvalue weighted by molar-refractivity contribution is -0.145. The van der Waals surface area contributed by atoms with Crippen molar-refractivity contribution in [2.24, 2.45) is 0 Å². The van der Waals surface area contributed by atoms with Crippen molar-refractivity contribution >= 4 is 46.0 Å². The minimum atomic E-state index is -0.859. The lowest BCUT2D eigenvalue weighted by Gasteiger charge is -2.17. The Labute approximate surface area is 171 Å². The normalized spacial score (nSPS) is 11.8. The van der Waals surface area contributed by atoms with Gasteiger partial charge in [-0.15, -0.1) is 0 Å². The Balaban J connectivity index is 1.68. The number of hydrogen-bond donors (Lipinski definition) is 2. The predicted molar refractivity (Wildman–Crippen MR) is 108 cm³/mol. The number of rotatable bonds is 7. The minimum Gasteiger partial charge on any atom is -0.481 e. The molecule has 1 heterocycles. The highest BCUT2D eigenvalue weighted by molar-refractivity contribution is 6.37. The van der Waals surface area contributed by atoms with E-state index < -0.39 is 17.9 Å². The molecule has 1 atom stereocenters. The van der Waals surface area contributed by atoms with Gasteiger partial charge in [0.25, 0.3) is 5.91 Å². The Bertz CT molecular complexity index is 983. The lowest BCUT2D eigenvalue weighted by atomic mass is 10.0. The van der Waals surface area contributed by atoms with Crippen LogP contribution in [0, 0.1) is 0 Å². The largest absolute Gasteiger partial charge is 0.481 e. The Hall–Kier alpha value is -2.70. The third-order valence-electron chi connectivity index (χ3n) is 4.19. The molecule has 6 nitrogen and oxygen atoms in total. The van der Waals surface area contributed by atoms with Crippen LogP contribution < -0.4 is 10.1 Å². The second-order valence-electron chi connectivity index (χ2n) is 6.05. The first kappa shape index (κ1) is 20.0. The third-order valence-corrected chi connectivity index (χ3v) is 4.78. The van der Waals surface area contributed by atoms with Crippen LogP contribution in [0.4, 0.5) is 0 Å². The van der Waals surface area contributed by atoms with Gasteiger partial charge in [-0.3, -0.25) is 4.79 Å². The average Bonchev–Trinajstić information content (AvgIpc) is 3.09. The quantitative estimate of drug-likeness (QED) is 0.570. The Morgan fingerprint density at radius 3 is 2.54 bits per heavy atom. The molecule has 3 rings (SSSR count). The fraction of sp³-hybridized carbons (Fsp3) is 0.200. The van der Waals surface area contributed by atoms with E-state index in [-0.39, 0.29) is 18.8 Å². The number of carbonyl (C=O) groups excluding carboxylic acids is 2. The number of ether oxygens (including phenoxy) is 2. The number of H-pyrrole nitrogens is 1. The van der Waals surface area contributed by atoms with Gasteiger partial charge in [-0.2, -0.15) is 0 Å². The predicted octanol–water partition coefficient (Wildman–Crippen LogP) is 3.75. The molecule has 0 fully saturated rings. The average molecular weight is 421 g/mol. The van der Waals surface area contributed by atoms with Gasteiger partial charge in [0.15, 0.2) is 12.4 Å². The van der Waals surface area contributed by atoms with Crippen molar-refractivity contribution in [3.8, 4) is 5.75 Å². The molecule has 2 N–H and O–H groups in total. The van der Waals surface area contributed by atoms with E-state index in [4.69, 9.17) is 32.7 Å². The van der Waals surface area contributed by atoms with Crippen molar-refractivity contribution in [3.05, 3.63) is 64.3 Å². The van der Waals surface area contributed by atoms with Crippen molar-refractivity contribution < 1.29 is 19.1 Å². The molecular formula is C20H18Cl2N2O4. The maximum Gasteiger partial charge on any atom is 0.328 e. The number of benzene rings is 2. The molecule has 2 aromatic carbocycles. The van der Waals surface area contributed by atoms with E-state index in [1.54, 1.807) is 18.2 Å². The topological polar surface area (TPSA) is 80.4 Å². The van der Waals surface area contributed by atoms with E-state index in [1.807, 2.05) is 30.5 Å². The minimum absolute atomic E-state index is 0.215. The first-order chi connectivity index (χ1) is 13.5. The van der Waals surface area contributed by atoms with Gasteiger partial charge >= 0.3 is 5.97 Å². The summed E-state index contributed by atoms with van der Waals surface area (Å²) in [5.74, 6) is -0.826. The summed E-state index contributed by atoms with van der Waals surface area (Å²) < 4.78 is 10.2. The molecule has 0 saturated heterocycles. The fourth-order valence-electron chi connectivity index (χ4n) is 2.85. The van der Waals surface area contributed by atoms with Gasteiger partial charge < -0.3 is 19.8 Å². The van der Waals surface area contributed by atoms with Crippen LogP contribution in [-0.4, -0.2) is 36.6 Å². The molecule has 0 aliphatic heterocycles. The second kappa shape index (κ2) is 8.99. The number of aromatic amines is 1. The monoisotopic (exact) mass is 420 g/mol. The molecule has 0 bridgehead atoms. The summed E-state index contributed by atoms with van der Waals surface area (Å²) in [7, 11) is 1.27. The van der Waals surface area contributed by atoms with E-state index in [9.17, 15) is 9.59 Å². The molecule has 1 aromatic heterocycles. The van der Waals surface area contributed by atoms with E-state index >= 15 is 0 Å². The zero-order valence-electron chi connectivity index (χ0n) is 15.0. The van der Waals surface area contributed by atoms with Crippen LogP contribution in [0.2, 0.25) is 10.0 Å². The molecule has 28 heavy (non-hydrogen) atoms. The highest BCUT2D eigenvalue weighted by Crippen LogP contribution is 2.32. The molecule has 0 unspecified atom stereocenters. The number of methoxy groups -OCH3 is 1. The third kappa shape index (κ3) is 4.58. The Morgan fingerprint density at radius 2 is 1.82 bits per heavy atom. The molecule has 1 amide bonds. The number of amides is 1. The SMILES string of the molecule is COC(=O)[C@@H](Cc1c[nH]c2ccccc12)NC(=O)COc1c(Cl)cccc1Cl. The van der Waals surface area contributed by atoms with Gasteiger partial charge in [0.1, 0.15) is 6.04 Å². The number of aromatic nitrogens is 1. The number of fused-ring (bicyclic) bond motifs is 1. The lowest BCUT2D eigenvalue weighted by Crippen LogP contribution is -2.44. The first-order valence-corrected chi connectivity index (χ1v) is 9.24. The highest BCUT2D eigenvalue weighted by atomic mass is 35.5. The van der Waals surface area contributed by atoms with Crippen molar-refractivity contribution in [2.45, 2.75) is 12.5 Å². The van der Waals surface area contributed by atoms with E-state index in [1.165, 1.54) is 7.11 Å². The Kier molecular flexibility index (Phi) is 6.44. The van der Waals surface area contributed by atoms with Crippen LogP contribution in [-0.2, 0) is 20.7 Å². The van der Waals surface area contributed by atoms with Crippen LogP contribution in [0.3, 0.4) is 0 Å². The van der Waals surface area contributed by atoms with Crippen molar-refractivity contribution in [2.75, 3.05) is 13.7 Å². The maximum absolute atomic E-state index is 12.3. The van der Waals surface area contributed by atoms with Gasteiger partial charge in [-0.05, 0) is 23.8 Å². The van der Waals surface area contributed by atoms with Crippen LogP contribution in [0.1, 0.15) is 5.56 Å². The van der Waals surface area contributed by atoms with Crippen molar-refractivity contribution in [3.63, 3.8) is 0 Å². The van der Waals surface area contributed by atoms with Crippen LogP contribution in [0.25, 0.3) is 10.9 Å². The summed E-state index contributed by atoms with van der Waals surface area (Å²) >= 11 is 12.0. The second-order valence-corrected chi connectivity index (χ2v) is 6.86. The molecule has 0 saturated carbocycles. The van der Waals surface area contributed by atoms with Crippen molar-refractivity contribution in [1.82, 2.24) is 10.3 Å². The summed E-state index contributed by atoms with van der Waals surface area (Å²) in [6, 6.07) is 11.7. The number of halogens is 2. The van der Waals surface area contributed by atoms with E-state index in [0.717, 1.165) is 16.5 Å². The van der Waals surface area contributed by atoms with Crippen LogP contribution in [0.15, 0.2) is 48.7 Å². The summed E-state index contributed by atoms with van der Waals surface area (Å²) in [5, 5.41) is 4.21. The molecule has 0 aliphatic carbocycles. The maximum atomic E-state index is 12.3.